The molecule has 31 heavy (non-hydrogen) atoms. The fraction of sp³-hybridized carbons (Fsp3) is 0.455. The standard InChI is InChI=1S/C22H30N4O4S/c1-3-4-7-20-16-26(24-31(28,29)17-19-6-5-13-23-15-19)22(27)25(20)14-12-18-8-10-21(30-2)11-9-18/h5-6,8-11,13,15,20,24H,3-4,7,12,14,16-17H2,1-2H3. The number of aromatic nitrogens is 1. The molecule has 1 saturated heterocycles. The van der Waals surface area contributed by atoms with Crippen LogP contribution in [0.4, 0.5) is 4.79 Å². The molecule has 8 nitrogen and oxygen atoms in total. The Balaban J connectivity index is 1.66. The largest absolute Gasteiger partial charge is 0.497 e. The fourth-order valence-corrected chi connectivity index (χ4v) is 4.85. The summed E-state index contributed by atoms with van der Waals surface area (Å²) in [5.74, 6) is 0.562. The Morgan fingerprint density at radius 1 is 1.19 bits per heavy atom. The summed E-state index contributed by atoms with van der Waals surface area (Å²) in [6.07, 6.45) is 6.63. The molecule has 1 N–H and O–H groups in total. The molecule has 168 valence electrons. The summed E-state index contributed by atoms with van der Waals surface area (Å²) in [6.45, 7) is 2.97. The molecule has 0 aliphatic carbocycles. The van der Waals surface area contributed by atoms with Crippen LogP contribution in [0, 0.1) is 0 Å². The van der Waals surface area contributed by atoms with E-state index < -0.39 is 10.0 Å². The lowest BCUT2D eigenvalue weighted by molar-refractivity contribution is 0.181. The van der Waals surface area contributed by atoms with E-state index in [-0.39, 0.29) is 17.8 Å². The predicted molar refractivity (Wildman–Crippen MR) is 119 cm³/mol. The molecule has 0 saturated carbocycles. The van der Waals surface area contributed by atoms with Crippen LogP contribution in [0.5, 0.6) is 5.75 Å². The van der Waals surface area contributed by atoms with Crippen LogP contribution in [0.2, 0.25) is 0 Å². The molecule has 9 heteroatoms. The first-order valence-electron chi connectivity index (χ1n) is 10.5. The summed E-state index contributed by atoms with van der Waals surface area (Å²) in [5.41, 5.74) is 1.67. The van der Waals surface area contributed by atoms with E-state index in [4.69, 9.17) is 4.74 Å². The number of hydrogen-bond donors (Lipinski definition) is 1. The molecule has 2 aromatic rings. The molecule has 2 amide bonds. The highest BCUT2D eigenvalue weighted by atomic mass is 32.2. The molecular formula is C22H30N4O4S. The molecule has 3 rings (SSSR count). The van der Waals surface area contributed by atoms with Crippen LogP contribution in [0.15, 0.2) is 48.8 Å². The van der Waals surface area contributed by atoms with Crippen LogP contribution < -0.4 is 9.57 Å². The number of nitrogens with zero attached hydrogens (tertiary/aromatic N) is 3. The molecule has 1 aromatic heterocycles. The highest BCUT2D eigenvalue weighted by molar-refractivity contribution is 7.88. The van der Waals surface area contributed by atoms with Crippen LogP contribution in [-0.4, -0.2) is 55.6 Å². The minimum Gasteiger partial charge on any atom is -0.497 e. The fourth-order valence-electron chi connectivity index (χ4n) is 3.68. The number of urea groups is 1. The number of nitrogens with one attached hydrogen (secondary N) is 1. The second kappa shape index (κ2) is 10.6. The quantitative estimate of drug-likeness (QED) is 0.573. The van der Waals surface area contributed by atoms with E-state index in [0.717, 1.165) is 30.6 Å². The highest BCUT2D eigenvalue weighted by Gasteiger charge is 2.38. The summed E-state index contributed by atoms with van der Waals surface area (Å²) < 4.78 is 30.4. The van der Waals surface area contributed by atoms with Crippen molar-refractivity contribution >= 4 is 16.1 Å². The number of amides is 2. The average Bonchev–Trinajstić information content (AvgIpc) is 3.05. The van der Waals surface area contributed by atoms with Crippen molar-refractivity contribution in [3.63, 3.8) is 0 Å². The normalized spacial score (nSPS) is 16.7. The number of rotatable bonds is 11. The minimum atomic E-state index is -3.72. The van der Waals surface area contributed by atoms with Gasteiger partial charge < -0.3 is 9.64 Å². The first-order valence-corrected chi connectivity index (χ1v) is 12.2. The third kappa shape index (κ3) is 6.41. The highest BCUT2D eigenvalue weighted by Crippen LogP contribution is 2.21. The van der Waals surface area contributed by atoms with Gasteiger partial charge in [0.2, 0.25) is 10.0 Å². The second-order valence-electron chi connectivity index (χ2n) is 7.69. The van der Waals surface area contributed by atoms with Gasteiger partial charge in [-0.1, -0.05) is 38.0 Å². The number of hydrazine groups is 1. The van der Waals surface area contributed by atoms with Gasteiger partial charge in [-0.2, -0.15) is 0 Å². The number of methoxy groups -OCH3 is 1. The van der Waals surface area contributed by atoms with E-state index in [1.165, 1.54) is 11.2 Å². The lowest BCUT2D eigenvalue weighted by Gasteiger charge is -2.23. The van der Waals surface area contributed by atoms with Gasteiger partial charge in [0.15, 0.2) is 0 Å². The number of ether oxygens (including phenoxy) is 1. The zero-order chi connectivity index (χ0) is 22.3. The number of pyridine rings is 1. The Hall–Kier alpha value is -2.65. The second-order valence-corrected chi connectivity index (χ2v) is 9.39. The van der Waals surface area contributed by atoms with Crippen molar-refractivity contribution in [3.8, 4) is 5.75 Å². The van der Waals surface area contributed by atoms with Crippen molar-refractivity contribution in [2.45, 2.75) is 44.4 Å². The summed E-state index contributed by atoms with van der Waals surface area (Å²) in [4.78, 5) is 21.2. The van der Waals surface area contributed by atoms with E-state index >= 15 is 0 Å². The molecule has 1 fully saturated rings. The molecule has 0 spiro atoms. The van der Waals surface area contributed by atoms with Crippen molar-refractivity contribution in [1.82, 2.24) is 19.7 Å². The molecule has 0 radical (unpaired) electrons. The third-order valence-corrected chi connectivity index (χ3v) is 6.54. The Morgan fingerprint density at radius 2 is 1.97 bits per heavy atom. The zero-order valence-electron chi connectivity index (χ0n) is 18.0. The molecule has 1 aliphatic rings. The van der Waals surface area contributed by atoms with Gasteiger partial charge in [-0.15, -0.1) is 4.83 Å². The summed E-state index contributed by atoms with van der Waals surface area (Å²) in [6, 6.07) is 10.8. The summed E-state index contributed by atoms with van der Waals surface area (Å²) >= 11 is 0. The first kappa shape index (κ1) is 23.0. The van der Waals surface area contributed by atoms with Crippen molar-refractivity contribution in [2.24, 2.45) is 0 Å². The Kier molecular flexibility index (Phi) is 7.86. The maximum absolute atomic E-state index is 13.0. The Morgan fingerprint density at radius 3 is 2.61 bits per heavy atom. The van der Waals surface area contributed by atoms with Gasteiger partial charge in [0.25, 0.3) is 0 Å². The number of sulfonamides is 1. The monoisotopic (exact) mass is 446 g/mol. The summed E-state index contributed by atoms with van der Waals surface area (Å²) in [5, 5.41) is 1.24. The van der Waals surface area contributed by atoms with Crippen LogP contribution in [0.3, 0.4) is 0 Å². The van der Waals surface area contributed by atoms with E-state index in [9.17, 15) is 13.2 Å². The SMILES string of the molecule is CCCCC1CN(NS(=O)(=O)Cc2cccnc2)C(=O)N1CCc1ccc(OC)cc1. The summed E-state index contributed by atoms with van der Waals surface area (Å²) in [7, 11) is -2.09. The van der Waals surface area contributed by atoms with Crippen molar-refractivity contribution < 1.29 is 17.9 Å². The molecular weight excluding hydrogens is 416 g/mol. The molecule has 1 aromatic carbocycles. The lowest BCUT2D eigenvalue weighted by Crippen LogP contribution is -2.45. The van der Waals surface area contributed by atoms with Gasteiger partial charge >= 0.3 is 6.03 Å². The lowest BCUT2D eigenvalue weighted by atomic mass is 10.1. The van der Waals surface area contributed by atoms with Crippen LogP contribution in [-0.2, 0) is 22.2 Å². The van der Waals surface area contributed by atoms with Crippen molar-refractivity contribution in [3.05, 3.63) is 59.9 Å². The number of benzene rings is 1. The van der Waals surface area contributed by atoms with E-state index in [1.807, 2.05) is 24.3 Å². The number of unbranched alkanes of at least 4 members (excludes halogenated alkanes) is 1. The van der Waals surface area contributed by atoms with Crippen LogP contribution in [0.1, 0.15) is 37.3 Å². The average molecular weight is 447 g/mol. The Labute approximate surface area is 184 Å². The zero-order valence-corrected chi connectivity index (χ0v) is 18.8. The van der Waals surface area contributed by atoms with Crippen LogP contribution >= 0.6 is 0 Å². The molecule has 1 aliphatic heterocycles. The molecule has 1 unspecified atom stereocenters. The van der Waals surface area contributed by atoms with Crippen LogP contribution in [0.25, 0.3) is 0 Å². The minimum absolute atomic E-state index is 0.0215. The predicted octanol–water partition coefficient (Wildman–Crippen LogP) is 2.96. The molecule has 0 bridgehead atoms. The van der Waals surface area contributed by atoms with Gasteiger partial charge in [0.05, 0.1) is 25.4 Å². The molecule has 2 heterocycles. The van der Waals surface area contributed by atoms with Crippen molar-refractivity contribution in [2.75, 3.05) is 20.2 Å². The third-order valence-electron chi connectivity index (χ3n) is 5.33. The van der Waals surface area contributed by atoms with E-state index in [0.29, 0.717) is 25.1 Å². The topological polar surface area (TPSA) is 91.8 Å². The van der Waals surface area contributed by atoms with E-state index in [1.54, 1.807) is 30.3 Å². The maximum atomic E-state index is 13.0. The van der Waals surface area contributed by atoms with Crippen molar-refractivity contribution in [1.29, 1.82) is 0 Å². The first-order chi connectivity index (χ1) is 14.9. The van der Waals surface area contributed by atoms with Gasteiger partial charge in [0, 0.05) is 18.9 Å². The maximum Gasteiger partial charge on any atom is 0.335 e. The van der Waals surface area contributed by atoms with E-state index in [2.05, 4.69) is 16.7 Å². The van der Waals surface area contributed by atoms with Gasteiger partial charge in [-0.3, -0.25) is 4.98 Å². The van der Waals surface area contributed by atoms with Gasteiger partial charge in [0.1, 0.15) is 5.75 Å². The number of carbonyl (C=O) groups is 1. The van der Waals surface area contributed by atoms with Gasteiger partial charge in [-0.25, -0.2) is 18.2 Å². The van der Waals surface area contributed by atoms with Gasteiger partial charge in [-0.05, 0) is 42.2 Å². The number of hydrogen-bond acceptors (Lipinski definition) is 5. The Bertz CT molecular complexity index is 951. The molecule has 1 atom stereocenters. The smallest absolute Gasteiger partial charge is 0.335 e. The number of carbonyl (C=O) groups excluding carboxylic acids is 1.